The first-order valence-corrected chi connectivity index (χ1v) is 8.93. The average Bonchev–Trinajstić information content (AvgIpc) is 2.65. The summed E-state index contributed by atoms with van der Waals surface area (Å²) in [5.41, 5.74) is 1.70. The largest absolute Gasteiger partial charge is 0.489 e. The Hall–Kier alpha value is -2.53. The minimum Gasteiger partial charge on any atom is -0.489 e. The molecule has 2 aromatic rings. The molecule has 140 valence electrons. The van der Waals surface area contributed by atoms with Gasteiger partial charge in [0.15, 0.2) is 6.61 Å². The predicted molar refractivity (Wildman–Crippen MR) is 103 cm³/mol. The van der Waals surface area contributed by atoms with Crippen LogP contribution in [-0.2, 0) is 9.53 Å². The van der Waals surface area contributed by atoms with Crippen LogP contribution in [0.25, 0.3) is 0 Å². The highest BCUT2D eigenvalue weighted by Gasteiger charge is 2.11. The van der Waals surface area contributed by atoms with E-state index in [4.69, 9.17) is 14.2 Å². The number of hydrogen-bond acceptors (Lipinski definition) is 4. The number of benzene rings is 2. The van der Waals surface area contributed by atoms with Crippen molar-refractivity contribution in [1.29, 1.82) is 0 Å². The third kappa shape index (κ3) is 6.08. The number of ether oxygens (including phenoxy) is 3. The molecule has 0 radical (unpaired) electrons. The lowest BCUT2D eigenvalue weighted by Crippen LogP contribution is -2.21. The van der Waals surface area contributed by atoms with Crippen LogP contribution < -0.4 is 14.8 Å². The number of anilines is 1. The van der Waals surface area contributed by atoms with E-state index in [2.05, 4.69) is 19.2 Å². The van der Waals surface area contributed by atoms with Gasteiger partial charge in [-0.15, -0.1) is 0 Å². The van der Waals surface area contributed by atoms with Crippen LogP contribution >= 0.6 is 0 Å². The van der Waals surface area contributed by atoms with Crippen LogP contribution in [0.15, 0.2) is 48.5 Å². The second-order valence-electron chi connectivity index (χ2n) is 6.07. The van der Waals surface area contributed by atoms with Crippen molar-refractivity contribution in [1.82, 2.24) is 0 Å². The number of carbonyl (C=O) groups excluding carboxylic acids is 1. The minimum absolute atomic E-state index is 0.0585. The molecule has 1 amide bonds. The van der Waals surface area contributed by atoms with Gasteiger partial charge in [-0.2, -0.15) is 0 Å². The van der Waals surface area contributed by atoms with Crippen LogP contribution in [0, 0.1) is 0 Å². The van der Waals surface area contributed by atoms with Crippen molar-refractivity contribution in [2.45, 2.75) is 26.7 Å². The molecule has 2 rings (SSSR count). The Bertz CT molecular complexity index is 700. The zero-order valence-electron chi connectivity index (χ0n) is 15.7. The monoisotopic (exact) mass is 357 g/mol. The van der Waals surface area contributed by atoms with Gasteiger partial charge in [-0.1, -0.05) is 44.2 Å². The molecule has 5 heteroatoms. The maximum absolute atomic E-state index is 12.3. The van der Waals surface area contributed by atoms with Gasteiger partial charge >= 0.3 is 0 Å². The van der Waals surface area contributed by atoms with Crippen molar-refractivity contribution in [2.75, 3.05) is 31.7 Å². The summed E-state index contributed by atoms with van der Waals surface area (Å²) in [5.74, 6) is 1.44. The maximum Gasteiger partial charge on any atom is 0.262 e. The summed E-state index contributed by atoms with van der Waals surface area (Å²) in [6.07, 6.45) is 0. The van der Waals surface area contributed by atoms with Crippen LogP contribution in [0.2, 0.25) is 0 Å². The first kappa shape index (κ1) is 19.8. The lowest BCUT2D eigenvalue weighted by Gasteiger charge is -2.15. The molecule has 26 heavy (non-hydrogen) atoms. The smallest absolute Gasteiger partial charge is 0.262 e. The fourth-order valence-corrected chi connectivity index (χ4v) is 2.47. The second-order valence-corrected chi connectivity index (χ2v) is 6.07. The van der Waals surface area contributed by atoms with E-state index in [1.165, 1.54) is 0 Å². The van der Waals surface area contributed by atoms with Gasteiger partial charge < -0.3 is 19.5 Å². The molecule has 0 saturated carbocycles. The number of amides is 1. The molecule has 0 spiro atoms. The molecule has 0 atom stereocenters. The van der Waals surface area contributed by atoms with Gasteiger partial charge in [0, 0.05) is 6.61 Å². The Kier molecular flexibility index (Phi) is 7.96. The predicted octanol–water partition coefficient (Wildman–Crippen LogP) is 4.24. The summed E-state index contributed by atoms with van der Waals surface area (Å²) in [7, 11) is 0. The Morgan fingerprint density at radius 2 is 1.65 bits per heavy atom. The van der Waals surface area contributed by atoms with Crippen LogP contribution in [-0.4, -0.2) is 32.3 Å². The molecule has 0 aliphatic heterocycles. The van der Waals surface area contributed by atoms with Crippen molar-refractivity contribution in [3.63, 3.8) is 0 Å². The molecule has 2 aromatic carbocycles. The van der Waals surface area contributed by atoms with Gasteiger partial charge in [0.05, 0.1) is 12.3 Å². The fourth-order valence-electron chi connectivity index (χ4n) is 2.47. The normalized spacial score (nSPS) is 10.6. The van der Waals surface area contributed by atoms with Gasteiger partial charge in [0.2, 0.25) is 0 Å². The Morgan fingerprint density at radius 3 is 2.38 bits per heavy atom. The molecule has 1 N–H and O–H groups in total. The molecule has 0 heterocycles. The maximum atomic E-state index is 12.3. The number of nitrogens with one attached hydrogen (secondary N) is 1. The number of carbonyl (C=O) groups is 1. The van der Waals surface area contributed by atoms with E-state index in [1.807, 2.05) is 49.4 Å². The minimum atomic E-state index is -0.232. The molecule has 0 saturated heterocycles. The molecular formula is C21H27NO4. The average molecular weight is 357 g/mol. The third-order valence-corrected chi connectivity index (χ3v) is 3.75. The lowest BCUT2D eigenvalue weighted by atomic mass is 10.0. The lowest BCUT2D eigenvalue weighted by molar-refractivity contribution is -0.118. The summed E-state index contributed by atoms with van der Waals surface area (Å²) in [6.45, 7) is 7.66. The van der Waals surface area contributed by atoms with Gasteiger partial charge in [0.25, 0.3) is 5.91 Å². The number of para-hydroxylation sites is 3. The van der Waals surface area contributed by atoms with Gasteiger partial charge in [-0.25, -0.2) is 0 Å². The number of hydrogen-bond donors (Lipinski definition) is 1. The summed E-state index contributed by atoms with van der Waals surface area (Å²) in [4.78, 5) is 12.3. The van der Waals surface area contributed by atoms with Crippen LogP contribution in [0.4, 0.5) is 5.69 Å². The second kappa shape index (κ2) is 10.5. The first-order valence-electron chi connectivity index (χ1n) is 8.93. The third-order valence-electron chi connectivity index (χ3n) is 3.75. The molecule has 0 bridgehead atoms. The van der Waals surface area contributed by atoms with E-state index in [-0.39, 0.29) is 12.5 Å². The van der Waals surface area contributed by atoms with E-state index < -0.39 is 0 Å². The summed E-state index contributed by atoms with van der Waals surface area (Å²) in [5, 5.41) is 2.84. The van der Waals surface area contributed by atoms with Crippen molar-refractivity contribution in [3.8, 4) is 11.5 Å². The van der Waals surface area contributed by atoms with Crippen molar-refractivity contribution >= 4 is 11.6 Å². The van der Waals surface area contributed by atoms with E-state index >= 15 is 0 Å². The van der Waals surface area contributed by atoms with Crippen LogP contribution in [0.5, 0.6) is 11.5 Å². The van der Waals surface area contributed by atoms with Crippen LogP contribution in [0.1, 0.15) is 32.3 Å². The highest BCUT2D eigenvalue weighted by molar-refractivity contribution is 5.93. The van der Waals surface area contributed by atoms with E-state index in [1.54, 1.807) is 6.07 Å². The molecule has 0 fully saturated rings. The SMILES string of the molecule is CCOCCOc1ccccc1NC(=O)COc1ccccc1C(C)C. The zero-order valence-corrected chi connectivity index (χ0v) is 15.7. The Labute approximate surface area is 155 Å². The first-order chi connectivity index (χ1) is 12.6. The van der Waals surface area contributed by atoms with Crippen molar-refractivity contribution < 1.29 is 19.0 Å². The highest BCUT2D eigenvalue weighted by Crippen LogP contribution is 2.26. The standard InChI is InChI=1S/C21H27NO4/c1-4-24-13-14-25-20-12-8-6-10-18(20)22-21(23)15-26-19-11-7-5-9-17(19)16(2)3/h5-12,16H,4,13-15H2,1-3H3,(H,22,23). The van der Waals surface area contributed by atoms with Crippen molar-refractivity contribution in [3.05, 3.63) is 54.1 Å². The fraction of sp³-hybridized carbons (Fsp3) is 0.381. The van der Waals surface area contributed by atoms with Gasteiger partial charge in [-0.3, -0.25) is 4.79 Å². The quantitative estimate of drug-likeness (QED) is 0.646. The van der Waals surface area contributed by atoms with E-state index in [0.717, 1.165) is 11.3 Å². The Morgan fingerprint density at radius 1 is 0.962 bits per heavy atom. The Balaban J connectivity index is 1.92. The zero-order chi connectivity index (χ0) is 18.8. The van der Waals surface area contributed by atoms with Crippen molar-refractivity contribution in [2.24, 2.45) is 0 Å². The summed E-state index contributed by atoms with van der Waals surface area (Å²) in [6, 6.07) is 15.1. The molecule has 0 aliphatic rings. The molecule has 0 aliphatic carbocycles. The molecular weight excluding hydrogens is 330 g/mol. The molecule has 5 nitrogen and oxygen atoms in total. The van der Waals surface area contributed by atoms with E-state index in [0.29, 0.717) is 37.2 Å². The molecule has 0 aromatic heterocycles. The van der Waals surface area contributed by atoms with Gasteiger partial charge in [-0.05, 0) is 36.6 Å². The van der Waals surface area contributed by atoms with Crippen LogP contribution in [0.3, 0.4) is 0 Å². The molecule has 0 unspecified atom stereocenters. The summed E-state index contributed by atoms with van der Waals surface area (Å²) >= 11 is 0. The summed E-state index contributed by atoms with van der Waals surface area (Å²) < 4.78 is 16.6. The van der Waals surface area contributed by atoms with Gasteiger partial charge in [0.1, 0.15) is 18.1 Å². The highest BCUT2D eigenvalue weighted by atomic mass is 16.5. The van der Waals surface area contributed by atoms with E-state index in [9.17, 15) is 4.79 Å². The topological polar surface area (TPSA) is 56.8 Å². The number of rotatable bonds is 10.